The summed E-state index contributed by atoms with van der Waals surface area (Å²) in [6.07, 6.45) is 2.31. The van der Waals surface area contributed by atoms with Crippen LogP contribution in [0.4, 0.5) is 4.79 Å². The number of hydrogen-bond acceptors (Lipinski definition) is 3. The first-order valence-electron chi connectivity index (χ1n) is 9.06. The van der Waals surface area contributed by atoms with Crippen molar-refractivity contribution in [3.63, 3.8) is 0 Å². The van der Waals surface area contributed by atoms with Gasteiger partial charge in [0.2, 0.25) is 5.91 Å². The average Bonchev–Trinajstić information content (AvgIpc) is 3.39. The molecule has 27 heavy (non-hydrogen) atoms. The third-order valence-corrected chi connectivity index (χ3v) is 5.55. The summed E-state index contributed by atoms with van der Waals surface area (Å²) in [7, 11) is 1.64. The molecule has 0 bridgehead atoms. The van der Waals surface area contributed by atoms with Gasteiger partial charge in [-0.15, -0.1) is 0 Å². The first-order chi connectivity index (χ1) is 13.0. The maximum absolute atomic E-state index is 13.0. The fraction of sp³-hybridized carbons (Fsp3) is 0.421. The van der Waals surface area contributed by atoms with E-state index in [-0.39, 0.29) is 24.3 Å². The molecule has 1 atom stereocenters. The summed E-state index contributed by atoms with van der Waals surface area (Å²) in [5.41, 5.74) is 1.87. The molecule has 4 amide bonds. The fourth-order valence-electron chi connectivity index (χ4n) is 3.51. The van der Waals surface area contributed by atoms with E-state index in [4.69, 9.17) is 11.6 Å². The molecule has 3 aliphatic rings. The molecule has 2 heterocycles. The second-order valence-electron chi connectivity index (χ2n) is 7.14. The average molecular weight is 389 g/mol. The van der Waals surface area contributed by atoms with Crippen molar-refractivity contribution in [1.82, 2.24) is 20.4 Å². The van der Waals surface area contributed by atoms with Gasteiger partial charge in [-0.25, -0.2) is 4.79 Å². The van der Waals surface area contributed by atoms with Gasteiger partial charge in [0.05, 0.1) is 23.9 Å². The minimum Gasteiger partial charge on any atom is -0.353 e. The van der Waals surface area contributed by atoms with E-state index in [1.54, 1.807) is 24.1 Å². The zero-order chi connectivity index (χ0) is 19.1. The Morgan fingerprint density at radius 3 is 2.74 bits per heavy atom. The largest absolute Gasteiger partial charge is 0.353 e. The van der Waals surface area contributed by atoms with Crippen LogP contribution in [0.25, 0.3) is 0 Å². The van der Waals surface area contributed by atoms with Crippen molar-refractivity contribution in [3.8, 4) is 0 Å². The van der Waals surface area contributed by atoms with E-state index in [1.165, 1.54) is 4.90 Å². The van der Waals surface area contributed by atoms with Gasteiger partial charge in [0, 0.05) is 31.1 Å². The Labute approximate surface area is 162 Å². The van der Waals surface area contributed by atoms with Crippen molar-refractivity contribution >= 4 is 29.4 Å². The van der Waals surface area contributed by atoms with Crippen molar-refractivity contribution < 1.29 is 14.4 Å². The van der Waals surface area contributed by atoms with Crippen LogP contribution in [0.5, 0.6) is 0 Å². The summed E-state index contributed by atoms with van der Waals surface area (Å²) in [4.78, 5) is 40.5. The summed E-state index contributed by atoms with van der Waals surface area (Å²) < 4.78 is 0. The maximum atomic E-state index is 13.0. The van der Waals surface area contributed by atoms with Crippen molar-refractivity contribution in [2.45, 2.75) is 31.3 Å². The lowest BCUT2D eigenvalue weighted by molar-refractivity contribution is -0.127. The standard InChI is InChI=1S/C19H21ClN4O3/c1-23-14-10-24(9-8-15(25)21-11-6-7-11)18(26)16(14)17(22-19(23)27)12-4-2-3-5-13(12)20/h2-5,11,17H,6-10H2,1H3,(H,21,25)(H,22,27). The number of carbonyl (C=O) groups excluding carboxylic acids is 3. The predicted octanol–water partition coefficient (Wildman–Crippen LogP) is 1.80. The smallest absolute Gasteiger partial charge is 0.322 e. The molecule has 0 radical (unpaired) electrons. The molecule has 2 N–H and O–H groups in total. The Bertz CT molecular complexity index is 849. The minimum atomic E-state index is -0.588. The van der Waals surface area contributed by atoms with Crippen molar-refractivity contribution in [1.29, 1.82) is 0 Å². The number of nitrogens with one attached hydrogen (secondary N) is 2. The minimum absolute atomic E-state index is 0.0413. The zero-order valence-electron chi connectivity index (χ0n) is 15.0. The van der Waals surface area contributed by atoms with Gasteiger partial charge >= 0.3 is 6.03 Å². The van der Waals surface area contributed by atoms with Gasteiger partial charge in [0.15, 0.2) is 0 Å². The Morgan fingerprint density at radius 2 is 2.04 bits per heavy atom. The highest BCUT2D eigenvalue weighted by molar-refractivity contribution is 6.31. The molecule has 4 rings (SSSR count). The first-order valence-corrected chi connectivity index (χ1v) is 9.44. The predicted molar refractivity (Wildman–Crippen MR) is 99.9 cm³/mol. The first kappa shape index (κ1) is 17.9. The normalized spacial score (nSPS) is 22.1. The Morgan fingerprint density at radius 1 is 1.30 bits per heavy atom. The summed E-state index contributed by atoms with van der Waals surface area (Å²) in [6.45, 7) is 0.636. The topological polar surface area (TPSA) is 81.8 Å². The number of halogens is 1. The van der Waals surface area contributed by atoms with Gasteiger partial charge in [-0.05, 0) is 24.5 Å². The number of carbonyl (C=O) groups is 3. The Balaban J connectivity index is 1.55. The van der Waals surface area contributed by atoms with E-state index >= 15 is 0 Å². The summed E-state index contributed by atoms with van der Waals surface area (Å²) in [5, 5.41) is 6.29. The number of likely N-dealkylation sites (N-methyl/N-ethyl adjacent to an activating group) is 1. The molecule has 1 fully saturated rings. The fourth-order valence-corrected chi connectivity index (χ4v) is 3.76. The molecule has 7 nitrogen and oxygen atoms in total. The summed E-state index contributed by atoms with van der Waals surface area (Å²) >= 11 is 6.31. The van der Waals surface area contributed by atoms with Gasteiger partial charge < -0.3 is 15.5 Å². The van der Waals surface area contributed by atoms with Gasteiger partial charge in [-0.3, -0.25) is 14.5 Å². The molecule has 0 saturated heterocycles. The SMILES string of the molecule is CN1C(=O)NC(c2ccccc2Cl)C2=C1CN(CCC(=O)NC1CC1)C2=O. The van der Waals surface area contributed by atoms with Crippen LogP contribution in [0.2, 0.25) is 5.02 Å². The third-order valence-electron chi connectivity index (χ3n) is 5.20. The number of hydrogen-bond donors (Lipinski definition) is 2. The summed E-state index contributed by atoms with van der Waals surface area (Å²) in [6, 6.07) is 6.61. The molecule has 0 spiro atoms. The summed E-state index contributed by atoms with van der Waals surface area (Å²) in [5.74, 6) is -0.207. The molecular weight excluding hydrogens is 368 g/mol. The van der Waals surface area contributed by atoms with Crippen molar-refractivity contribution in [2.24, 2.45) is 0 Å². The molecule has 1 saturated carbocycles. The second-order valence-corrected chi connectivity index (χ2v) is 7.55. The lowest BCUT2D eigenvalue weighted by atomic mass is 9.95. The monoisotopic (exact) mass is 388 g/mol. The van der Waals surface area contributed by atoms with E-state index < -0.39 is 6.04 Å². The molecule has 1 aromatic rings. The van der Waals surface area contributed by atoms with Gasteiger partial charge in [0.1, 0.15) is 0 Å². The lowest BCUT2D eigenvalue weighted by Gasteiger charge is -2.31. The number of benzene rings is 1. The van der Waals surface area contributed by atoms with Crippen LogP contribution in [0, 0.1) is 0 Å². The van der Waals surface area contributed by atoms with Crippen molar-refractivity contribution in [2.75, 3.05) is 20.1 Å². The van der Waals surface area contributed by atoms with Crippen molar-refractivity contribution in [3.05, 3.63) is 46.1 Å². The number of nitrogens with zero attached hydrogens (tertiary/aromatic N) is 2. The highest BCUT2D eigenvalue weighted by Crippen LogP contribution is 2.37. The Hall–Kier alpha value is -2.54. The van der Waals surface area contributed by atoms with Crippen LogP contribution >= 0.6 is 11.6 Å². The second kappa shape index (κ2) is 6.88. The lowest BCUT2D eigenvalue weighted by Crippen LogP contribution is -2.45. The van der Waals surface area contributed by atoms with E-state index in [9.17, 15) is 14.4 Å². The third kappa shape index (κ3) is 3.39. The molecule has 0 aromatic heterocycles. The van der Waals surface area contributed by atoms with Gasteiger partial charge in [0.25, 0.3) is 5.91 Å². The zero-order valence-corrected chi connectivity index (χ0v) is 15.8. The van der Waals surface area contributed by atoms with Crippen LogP contribution in [-0.2, 0) is 9.59 Å². The van der Waals surface area contributed by atoms with Crippen LogP contribution in [-0.4, -0.2) is 53.8 Å². The number of urea groups is 1. The number of rotatable bonds is 5. The van der Waals surface area contributed by atoms with Crippen LogP contribution < -0.4 is 10.6 Å². The molecular formula is C19H21ClN4O3. The highest BCUT2D eigenvalue weighted by atomic mass is 35.5. The molecule has 8 heteroatoms. The molecule has 2 aliphatic heterocycles. The number of amides is 4. The van der Waals surface area contributed by atoms with E-state index in [1.807, 2.05) is 12.1 Å². The van der Waals surface area contributed by atoms with Crippen LogP contribution in [0.15, 0.2) is 35.5 Å². The van der Waals surface area contributed by atoms with Gasteiger partial charge in [-0.1, -0.05) is 29.8 Å². The van der Waals surface area contributed by atoms with Gasteiger partial charge in [-0.2, -0.15) is 0 Å². The van der Waals surface area contributed by atoms with Crippen LogP contribution in [0.1, 0.15) is 30.9 Å². The van der Waals surface area contributed by atoms with Crippen LogP contribution in [0.3, 0.4) is 0 Å². The van der Waals surface area contributed by atoms with E-state index in [0.717, 1.165) is 12.8 Å². The quantitative estimate of drug-likeness (QED) is 0.807. The molecule has 1 unspecified atom stereocenters. The highest BCUT2D eigenvalue weighted by Gasteiger charge is 2.43. The van der Waals surface area contributed by atoms with E-state index in [2.05, 4.69) is 10.6 Å². The molecule has 142 valence electrons. The molecule has 1 aliphatic carbocycles. The van der Waals surface area contributed by atoms with E-state index in [0.29, 0.717) is 41.0 Å². The Kier molecular flexibility index (Phi) is 4.55. The molecule has 1 aromatic carbocycles. The maximum Gasteiger partial charge on any atom is 0.322 e.